The third kappa shape index (κ3) is 7.46. The SMILES string of the molecule is CC(C)(C)OP(=O)(OCn1cc(-c2cc([C@H]3C[C@@H]3c3ccc4cnn(CC(F)(F)F)c4c3)n3nccc3n2)c(=O)[nH]c1=O)OC(C)(C)C. The summed E-state index contributed by atoms with van der Waals surface area (Å²) in [5.41, 5.74) is -0.623. The normalized spacial score (nSPS) is 17.4. The number of alkyl halides is 3. The highest BCUT2D eigenvalue weighted by molar-refractivity contribution is 7.48. The smallest absolute Gasteiger partial charge is 0.281 e. The molecule has 1 fully saturated rings. The van der Waals surface area contributed by atoms with Crippen molar-refractivity contribution in [3.63, 3.8) is 0 Å². The Morgan fingerprint density at radius 2 is 1.69 bits per heavy atom. The Hall–Kier alpha value is -4.11. The molecule has 0 aliphatic heterocycles. The van der Waals surface area contributed by atoms with Crippen LogP contribution in [0, 0.1) is 0 Å². The van der Waals surface area contributed by atoms with Crippen molar-refractivity contribution in [3.05, 3.63) is 81.0 Å². The fraction of sp³-hybridized carbons (Fsp3) is 0.452. The van der Waals surface area contributed by atoms with Gasteiger partial charge in [0.15, 0.2) is 5.65 Å². The number of benzene rings is 1. The molecule has 0 unspecified atom stereocenters. The zero-order valence-corrected chi connectivity index (χ0v) is 28.0. The van der Waals surface area contributed by atoms with Crippen molar-refractivity contribution in [1.82, 2.24) is 33.9 Å². The number of hydrogen-bond acceptors (Lipinski definition) is 9. The van der Waals surface area contributed by atoms with Gasteiger partial charge in [-0.2, -0.15) is 23.4 Å². The lowest BCUT2D eigenvalue weighted by Crippen LogP contribution is -2.32. The van der Waals surface area contributed by atoms with Gasteiger partial charge in [0, 0.05) is 23.6 Å². The number of hydrogen-bond donors (Lipinski definition) is 1. The molecule has 4 heterocycles. The summed E-state index contributed by atoms with van der Waals surface area (Å²) < 4.78 is 73.4. The van der Waals surface area contributed by atoms with Crippen LogP contribution in [0.15, 0.2) is 58.5 Å². The number of phosphoric ester groups is 1. The maximum atomic E-state index is 13.5. The Kier molecular flexibility index (Phi) is 8.30. The molecule has 13 nitrogen and oxygen atoms in total. The first kappa shape index (κ1) is 33.8. The van der Waals surface area contributed by atoms with Crippen LogP contribution in [0.4, 0.5) is 13.2 Å². The lowest BCUT2D eigenvalue weighted by molar-refractivity contribution is -0.141. The van der Waals surface area contributed by atoms with Gasteiger partial charge in [0.05, 0.1) is 46.1 Å². The molecule has 1 aliphatic carbocycles. The van der Waals surface area contributed by atoms with Gasteiger partial charge in [-0.3, -0.25) is 32.6 Å². The summed E-state index contributed by atoms with van der Waals surface area (Å²) in [5.74, 6) is -0.124. The van der Waals surface area contributed by atoms with Crippen molar-refractivity contribution in [2.75, 3.05) is 0 Å². The Balaban J connectivity index is 1.32. The van der Waals surface area contributed by atoms with Gasteiger partial charge in [0.1, 0.15) is 13.3 Å². The molecule has 5 aromatic rings. The van der Waals surface area contributed by atoms with Gasteiger partial charge in [-0.05, 0) is 71.6 Å². The monoisotopic (exact) mass is 689 g/mol. The zero-order chi connectivity index (χ0) is 34.8. The van der Waals surface area contributed by atoms with Gasteiger partial charge in [-0.1, -0.05) is 12.1 Å². The number of aromatic nitrogens is 7. The summed E-state index contributed by atoms with van der Waals surface area (Å²) in [6.45, 7) is 8.33. The molecule has 1 N–H and O–H groups in total. The van der Waals surface area contributed by atoms with Crippen LogP contribution in [0.3, 0.4) is 0 Å². The summed E-state index contributed by atoms with van der Waals surface area (Å²) in [5, 5.41) is 8.92. The molecule has 0 amide bonds. The molecular weight excluding hydrogens is 654 g/mol. The number of phosphoric acid groups is 1. The van der Waals surface area contributed by atoms with Gasteiger partial charge >= 0.3 is 19.7 Å². The third-order valence-electron chi connectivity index (χ3n) is 7.40. The largest absolute Gasteiger partial charge is 0.477 e. The molecule has 17 heteroatoms. The predicted molar refractivity (Wildman–Crippen MR) is 170 cm³/mol. The highest BCUT2D eigenvalue weighted by atomic mass is 31.2. The van der Waals surface area contributed by atoms with Gasteiger partial charge in [-0.15, -0.1) is 0 Å². The van der Waals surface area contributed by atoms with Crippen molar-refractivity contribution in [1.29, 1.82) is 0 Å². The summed E-state index contributed by atoms with van der Waals surface area (Å²) in [7, 11) is -4.18. The van der Waals surface area contributed by atoms with Crippen molar-refractivity contribution in [3.8, 4) is 11.3 Å². The number of aromatic amines is 1. The van der Waals surface area contributed by atoms with Crippen molar-refractivity contribution in [2.45, 2.75) is 90.5 Å². The Morgan fingerprint density at radius 3 is 2.35 bits per heavy atom. The topological polar surface area (TPSA) is 148 Å². The number of nitrogens with one attached hydrogen (secondary N) is 1. The average Bonchev–Trinajstić information content (AvgIpc) is 3.42. The van der Waals surface area contributed by atoms with Crippen LogP contribution in [0.25, 0.3) is 27.8 Å². The lowest BCUT2D eigenvalue weighted by atomic mass is 10.1. The molecule has 0 radical (unpaired) electrons. The van der Waals surface area contributed by atoms with E-state index < -0.39 is 49.7 Å². The number of halogens is 3. The summed E-state index contributed by atoms with van der Waals surface area (Å²) in [4.78, 5) is 32.7. The van der Waals surface area contributed by atoms with E-state index in [9.17, 15) is 27.3 Å². The van der Waals surface area contributed by atoms with Gasteiger partial charge in [0.2, 0.25) is 0 Å². The molecular formula is C31H35F3N7O6P. The van der Waals surface area contributed by atoms with E-state index in [0.29, 0.717) is 23.0 Å². The molecule has 256 valence electrons. The van der Waals surface area contributed by atoms with Crippen LogP contribution in [-0.2, 0) is 31.4 Å². The highest BCUT2D eigenvalue weighted by Crippen LogP contribution is 2.56. The molecule has 4 aromatic heterocycles. The van der Waals surface area contributed by atoms with E-state index in [2.05, 4.69) is 20.2 Å². The molecule has 6 rings (SSSR count). The quantitative estimate of drug-likeness (QED) is 0.180. The van der Waals surface area contributed by atoms with Crippen LogP contribution >= 0.6 is 7.82 Å². The number of nitrogens with zero attached hydrogens (tertiary/aromatic N) is 6. The van der Waals surface area contributed by atoms with E-state index in [1.54, 1.807) is 76.5 Å². The Morgan fingerprint density at radius 1 is 0.979 bits per heavy atom. The van der Waals surface area contributed by atoms with Crippen LogP contribution in [-0.4, -0.2) is 51.3 Å². The minimum absolute atomic E-state index is 0.0355. The zero-order valence-electron chi connectivity index (χ0n) is 27.1. The van der Waals surface area contributed by atoms with Crippen molar-refractivity contribution in [2.24, 2.45) is 0 Å². The van der Waals surface area contributed by atoms with Crippen LogP contribution in [0.2, 0.25) is 0 Å². The van der Waals surface area contributed by atoms with Crippen LogP contribution in [0.5, 0.6) is 0 Å². The van der Waals surface area contributed by atoms with Gasteiger partial charge in [0.25, 0.3) is 5.56 Å². The second-order valence-corrected chi connectivity index (χ2v) is 15.3. The third-order valence-corrected chi connectivity index (χ3v) is 9.37. The maximum Gasteiger partial charge on any atom is 0.477 e. The highest BCUT2D eigenvalue weighted by Gasteiger charge is 2.42. The Labute approximate surface area is 272 Å². The van der Waals surface area contributed by atoms with E-state index >= 15 is 0 Å². The average molecular weight is 690 g/mol. The van der Waals surface area contributed by atoms with E-state index in [-0.39, 0.29) is 23.1 Å². The number of rotatable bonds is 9. The first-order chi connectivity index (χ1) is 22.3. The van der Waals surface area contributed by atoms with Crippen molar-refractivity contribution >= 4 is 24.4 Å². The van der Waals surface area contributed by atoms with Gasteiger partial charge in [-0.25, -0.2) is 18.9 Å². The van der Waals surface area contributed by atoms with Crippen molar-refractivity contribution < 1.29 is 31.3 Å². The fourth-order valence-corrected chi connectivity index (χ4v) is 7.26. The van der Waals surface area contributed by atoms with E-state index in [4.69, 9.17) is 13.6 Å². The second kappa shape index (κ2) is 11.8. The first-order valence-corrected chi connectivity index (χ1v) is 16.6. The summed E-state index contributed by atoms with van der Waals surface area (Å²) in [6.07, 6.45) is 0.503. The molecule has 1 aliphatic rings. The van der Waals surface area contributed by atoms with Crippen LogP contribution < -0.4 is 11.2 Å². The van der Waals surface area contributed by atoms with E-state index in [0.717, 1.165) is 20.5 Å². The molecule has 1 saturated carbocycles. The van der Waals surface area contributed by atoms with E-state index in [1.165, 1.54) is 12.4 Å². The number of H-pyrrole nitrogens is 1. The number of fused-ring (bicyclic) bond motifs is 2. The van der Waals surface area contributed by atoms with Crippen LogP contribution in [0.1, 0.15) is 71.1 Å². The van der Waals surface area contributed by atoms with E-state index in [1.807, 2.05) is 6.07 Å². The summed E-state index contributed by atoms with van der Waals surface area (Å²) >= 11 is 0. The molecule has 48 heavy (non-hydrogen) atoms. The molecule has 2 atom stereocenters. The summed E-state index contributed by atoms with van der Waals surface area (Å²) in [6, 6.07) is 8.73. The lowest BCUT2D eigenvalue weighted by Gasteiger charge is -2.30. The predicted octanol–water partition coefficient (Wildman–Crippen LogP) is 6.14. The molecule has 1 aromatic carbocycles. The Bertz CT molecular complexity index is 2150. The minimum atomic E-state index is -4.41. The molecule has 0 bridgehead atoms. The molecule has 0 saturated heterocycles. The molecule has 0 spiro atoms. The fourth-order valence-electron chi connectivity index (χ4n) is 5.51. The first-order valence-electron chi connectivity index (χ1n) is 15.1. The maximum absolute atomic E-state index is 13.5. The minimum Gasteiger partial charge on any atom is -0.281 e. The standard InChI is InChI=1S/C31H35F3N7O6P/c1-29(2,3)46-48(44,47-30(4,5)6)45-17-39-15-22(27(42)38-28(39)43)23-13-25(41-26(37-23)9-10-35-41)21-12-20(21)18-7-8-19-14-36-40(24(19)11-18)16-31(32,33)34/h7-11,13-15,20-21H,12,16-17H2,1-6H3,(H,38,42,43)/t20-,21+/m1/s1. The van der Waals surface area contributed by atoms with Gasteiger partial charge < -0.3 is 0 Å². The second-order valence-electron chi connectivity index (χ2n) is 13.7.